The Morgan fingerprint density at radius 3 is 2.38 bits per heavy atom. The van der Waals surface area contributed by atoms with Gasteiger partial charge in [0.05, 0.1) is 0 Å². The molecule has 13 heavy (non-hydrogen) atoms. The maximum atomic E-state index is 9.52. The SMILES string of the molecule is OCC1(C2CCSCC2)CC=CC1. The highest BCUT2D eigenvalue weighted by Gasteiger charge is 2.38. The monoisotopic (exact) mass is 198 g/mol. The van der Waals surface area contributed by atoms with Gasteiger partial charge in [0.1, 0.15) is 0 Å². The zero-order chi connectivity index (χ0) is 9.15. The highest BCUT2D eigenvalue weighted by Crippen LogP contribution is 2.45. The van der Waals surface area contributed by atoms with Gasteiger partial charge < -0.3 is 5.11 Å². The van der Waals surface area contributed by atoms with Crippen LogP contribution in [0, 0.1) is 11.3 Å². The topological polar surface area (TPSA) is 20.2 Å². The van der Waals surface area contributed by atoms with Crippen LogP contribution in [0.1, 0.15) is 25.7 Å². The summed E-state index contributed by atoms with van der Waals surface area (Å²) < 4.78 is 0. The van der Waals surface area contributed by atoms with E-state index in [1.54, 1.807) is 0 Å². The molecule has 0 aromatic heterocycles. The first-order chi connectivity index (χ1) is 6.37. The van der Waals surface area contributed by atoms with Gasteiger partial charge in [0, 0.05) is 12.0 Å². The van der Waals surface area contributed by atoms with Crippen LogP contribution in [-0.2, 0) is 0 Å². The Bertz CT molecular complexity index is 186. The molecular formula is C11H18OS. The van der Waals surface area contributed by atoms with Gasteiger partial charge in [-0.25, -0.2) is 0 Å². The molecule has 1 N–H and O–H groups in total. The van der Waals surface area contributed by atoms with E-state index in [-0.39, 0.29) is 5.41 Å². The Kier molecular flexibility index (Phi) is 2.99. The average molecular weight is 198 g/mol. The van der Waals surface area contributed by atoms with Crippen molar-refractivity contribution < 1.29 is 5.11 Å². The number of allylic oxidation sites excluding steroid dienone is 2. The number of aliphatic hydroxyl groups excluding tert-OH is 1. The fraction of sp³-hybridized carbons (Fsp3) is 0.818. The quantitative estimate of drug-likeness (QED) is 0.688. The molecule has 0 aromatic carbocycles. The Labute approximate surface area is 84.6 Å². The highest BCUT2D eigenvalue weighted by molar-refractivity contribution is 7.99. The third-order valence-corrected chi connectivity index (χ3v) is 4.67. The Morgan fingerprint density at radius 2 is 1.85 bits per heavy atom. The van der Waals surface area contributed by atoms with Gasteiger partial charge in [0.2, 0.25) is 0 Å². The summed E-state index contributed by atoms with van der Waals surface area (Å²) in [5.41, 5.74) is 0.237. The summed E-state index contributed by atoms with van der Waals surface area (Å²) in [5, 5.41) is 9.52. The standard InChI is InChI=1S/C11H18OS/c12-9-11(5-1-2-6-11)10-3-7-13-8-4-10/h1-2,10,12H,3-9H2. The maximum absolute atomic E-state index is 9.52. The first kappa shape index (κ1) is 9.60. The summed E-state index contributed by atoms with van der Waals surface area (Å²) in [6.07, 6.45) is 9.34. The van der Waals surface area contributed by atoms with Gasteiger partial charge in [0.15, 0.2) is 0 Å². The van der Waals surface area contributed by atoms with Crippen molar-refractivity contribution in [1.29, 1.82) is 0 Å². The van der Waals surface area contributed by atoms with Gasteiger partial charge in [-0.2, -0.15) is 11.8 Å². The summed E-state index contributed by atoms with van der Waals surface area (Å²) >= 11 is 2.06. The zero-order valence-corrected chi connectivity index (χ0v) is 8.85. The molecule has 0 saturated carbocycles. The van der Waals surface area contributed by atoms with Crippen LogP contribution in [0.5, 0.6) is 0 Å². The van der Waals surface area contributed by atoms with Crippen LogP contribution in [0.4, 0.5) is 0 Å². The molecular weight excluding hydrogens is 180 g/mol. The molecule has 2 heteroatoms. The molecule has 0 aromatic rings. The minimum Gasteiger partial charge on any atom is -0.396 e. The smallest absolute Gasteiger partial charge is 0.0496 e. The van der Waals surface area contributed by atoms with Crippen molar-refractivity contribution in [2.45, 2.75) is 25.7 Å². The van der Waals surface area contributed by atoms with Crippen molar-refractivity contribution in [3.8, 4) is 0 Å². The van der Waals surface area contributed by atoms with E-state index in [4.69, 9.17) is 0 Å². The van der Waals surface area contributed by atoms with Crippen molar-refractivity contribution in [1.82, 2.24) is 0 Å². The predicted octanol–water partition coefficient (Wildman–Crippen LogP) is 2.46. The molecule has 0 spiro atoms. The van der Waals surface area contributed by atoms with E-state index < -0.39 is 0 Å². The molecule has 1 fully saturated rings. The molecule has 1 aliphatic heterocycles. The van der Waals surface area contributed by atoms with Crippen molar-refractivity contribution in [2.24, 2.45) is 11.3 Å². The molecule has 0 amide bonds. The second kappa shape index (κ2) is 4.05. The number of hydrogen-bond donors (Lipinski definition) is 1. The first-order valence-electron chi connectivity index (χ1n) is 5.21. The van der Waals surface area contributed by atoms with E-state index in [0.29, 0.717) is 6.61 Å². The van der Waals surface area contributed by atoms with E-state index in [1.807, 2.05) is 0 Å². The van der Waals surface area contributed by atoms with Gasteiger partial charge in [-0.15, -0.1) is 0 Å². The molecule has 0 radical (unpaired) electrons. The fourth-order valence-electron chi connectivity index (χ4n) is 2.62. The van der Waals surface area contributed by atoms with E-state index in [2.05, 4.69) is 23.9 Å². The molecule has 1 saturated heterocycles. The van der Waals surface area contributed by atoms with E-state index in [9.17, 15) is 5.11 Å². The van der Waals surface area contributed by atoms with Gasteiger partial charge in [-0.05, 0) is 43.1 Å². The molecule has 2 rings (SSSR count). The van der Waals surface area contributed by atoms with E-state index >= 15 is 0 Å². The highest BCUT2D eigenvalue weighted by atomic mass is 32.2. The summed E-state index contributed by atoms with van der Waals surface area (Å²) in [4.78, 5) is 0. The average Bonchev–Trinajstić information content (AvgIpc) is 2.69. The van der Waals surface area contributed by atoms with Crippen LogP contribution < -0.4 is 0 Å². The van der Waals surface area contributed by atoms with Gasteiger partial charge in [-0.3, -0.25) is 0 Å². The largest absolute Gasteiger partial charge is 0.396 e. The van der Waals surface area contributed by atoms with Gasteiger partial charge >= 0.3 is 0 Å². The van der Waals surface area contributed by atoms with Crippen LogP contribution in [0.2, 0.25) is 0 Å². The molecule has 2 aliphatic rings. The van der Waals surface area contributed by atoms with Crippen LogP contribution in [0.3, 0.4) is 0 Å². The zero-order valence-electron chi connectivity index (χ0n) is 8.04. The summed E-state index contributed by atoms with van der Waals surface area (Å²) in [5.74, 6) is 3.37. The summed E-state index contributed by atoms with van der Waals surface area (Å²) in [7, 11) is 0. The summed E-state index contributed by atoms with van der Waals surface area (Å²) in [6, 6.07) is 0. The van der Waals surface area contributed by atoms with Gasteiger partial charge in [0.25, 0.3) is 0 Å². The second-order valence-corrected chi connectivity index (χ2v) is 5.51. The molecule has 1 aliphatic carbocycles. The van der Waals surface area contributed by atoms with Crippen molar-refractivity contribution in [2.75, 3.05) is 18.1 Å². The van der Waals surface area contributed by atoms with Crippen LogP contribution in [-0.4, -0.2) is 23.2 Å². The lowest BCUT2D eigenvalue weighted by molar-refractivity contribution is 0.0670. The van der Waals surface area contributed by atoms with Crippen molar-refractivity contribution in [3.05, 3.63) is 12.2 Å². The molecule has 0 bridgehead atoms. The van der Waals surface area contributed by atoms with Crippen molar-refractivity contribution >= 4 is 11.8 Å². The molecule has 1 heterocycles. The maximum Gasteiger partial charge on any atom is 0.0496 e. The van der Waals surface area contributed by atoms with Crippen molar-refractivity contribution in [3.63, 3.8) is 0 Å². The third kappa shape index (κ3) is 1.79. The molecule has 0 unspecified atom stereocenters. The van der Waals surface area contributed by atoms with Crippen LogP contribution in [0.25, 0.3) is 0 Å². The first-order valence-corrected chi connectivity index (χ1v) is 6.36. The lowest BCUT2D eigenvalue weighted by Gasteiger charge is -2.38. The minimum atomic E-state index is 0.237. The lowest BCUT2D eigenvalue weighted by Crippen LogP contribution is -2.34. The molecule has 74 valence electrons. The van der Waals surface area contributed by atoms with E-state index in [0.717, 1.165) is 18.8 Å². The third-order valence-electron chi connectivity index (χ3n) is 3.62. The predicted molar refractivity (Wildman–Crippen MR) is 57.9 cm³/mol. The lowest BCUT2D eigenvalue weighted by atomic mass is 9.71. The number of thioether (sulfide) groups is 1. The normalized spacial score (nSPS) is 28.1. The Morgan fingerprint density at radius 1 is 1.23 bits per heavy atom. The Hall–Kier alpha value is 0.0500. The van der Waals surface area contributed by atoms with E-state index in [1.165, 1.54) is 24.3 Å². The second-order valence-electron chi connectivity index (χ2n) is 4.29. The summed E-state index contributed by atoms with van der Waals surface area (Å²) in [6.45, 7) is 0.384. The number of rotatable bonds is 2. The van der Waals surface area contributed by atoms with Gasteiger partial charge in [-0.1, -0.05) is 12.2 Å². The van der Waals surface area contributed by atoms with Crippen LogP contribution in [0.15, 0.2) is 12.2 Å². The Balaban J connectivity index is 2.02. The number of aliphatic hydroxyl groups is 1. The molecule has 1 nitrogen and oxygen atoms in total. The minimum absolute atomic E-state index is 0.237. The van der Waals surface area contributed by atoms with Crippen LogP contribution >= 0.6 is 11.8 Å². The fourth-order valence-corrected chi connectivity index (χ4v) is 3.73. The molecule has 0 atom stereocenters. The number of hydrogen-bond acceptors (Lipinski definition) is 2.